The van der Waals surface area contributed by atoms with Crippen LogP contribution in [0.15, 0.2) is 16.5 Å². The number of aliphatic hydroxyl groups excluding tert-OH is 1. The van der Waals surface area contributed by atoms with Gasteiger partial charge in [-0.3, -0.25) is 4.90 Å². The van der Waals surface area contributed by atoms with Crippen molar-refractivity contribution in [2.45, 2.75) is 51.3 Å². The minimum Gasteiger partial charge on any atom is -0.465 e. The zero-order valence-corrected chi connectivity index (χ0v) is 11.3. The number of aliphatic hydroxyl groups is 1. The van der Waals surface area contributed by atoms with Gasteiger partial charge in [0.1, 0.15) is 11.5 Å². The van der Waals surface area contributed by atoms with E-state index in [-0.39, 0.29) is 6.10 Å². The van der Waals surface area contributed by atoms with E-state index in [9.17, 15) is 5.11 Å². The predicted octanol–water partition coefficient (Wildman–Crippen LogP) is 2.57. The number of aryl methyl sites for hydroxylation is 1. The summed E-state index contributed by atoms with van der Waals surface area (Å²) in [6, 6.07) is 4.77. The summed E-state index contributed by atoms with van der Waals surface area (Å²) in [5.41, 5.74) is 0. The molecule has 0 saturated heterocycles. The molecular weight excluding hydrogens is 226 g/mol. The van der Waals surface area contributed by atoms with Gasteiger partial charge in [-0.1, -0.05) is 0 Å². The van der Waals surface area contributed by atoms with Gasteiger partial charge in [0.2, 0.25) is 0 Å². The molecule has 100 valence electrons. The molecule has 4 atom stereocenters. The lowest BCUT2D eigenvalue weighted by Crippen LogP contribution is -2.29. The first kappa shape index (κ1) is 12.2. The molecule has 2 saturated carbocycles. The van der Waals surface area contributed by atoms with E-state index in [1.807, 2.05) is 13.0 Å². The van der Waals surface area contributed by atoms with Crippen molar-refractivity contribution in [1.82, 2.24) is 4.90 Å². The van der Waals surface area contributed by atoms with Crippen LogP contribution in [0.3, 0.4) is 0 Å². The van der Waals surface area contributed by atoms with Crippen LogP contribution >= 0.6 is 0 Å². The maximum absolute atomic E-state index is 9.67. The van der Waals surface area contributed by atoms with Crippen LogP contribution in [-0.2, 0) is 6.54 Å². The van der Waals surface area contributed by atoms with Crippen molar-refractivity contribution in [3.63, 3.8) is 0 Å². The summed E-state index contributed by atoms with van der Waals surface area (Å²) >= 11 is 0. The number of rotatable bonds is 3. The topological polar surface area (TPSA) is 36.6 Å². The van der Waals surface area contributed by atoms with Crippen LogP contribution in [0.5, 0.6) is 0 Å². The van der Waals surface area contributed by atoms with E-state index in [4.69, 9.17) is 4.42 Å². The highest BCUT2D eigenvalue weighted by Crippen LogP contribution is 2.45. The van der Waals surface area contributed by atoms with Gasteiger partial charge in [-0.2, -0.15) is 0 Å². The maximum Gasteiger partial charge on any atom is 0.118 e. The van der Waals surface area contributed by atoms with Gasteiger partial charge in [0, 0.05) is 6.04 Å². The molecule has 1 heterocycles. The fraction of sp³-hybridized carbons (Fsp3) is 0.733. The van der Waals surface area contributed by atoms with Crippen molar-refractivity contribution < 1.29 is 9.52 Å². The van der Waals surface area contributed by atoms with Gasteiger partial charge in [-0.25, -0.2) is 0 Å². The van der Waals surface area contributed by atoms with E-state index in [1.54, 1.807) is 0 Å². The second-order valence-electron chi connectivity index (χ2n) is 6.20. The van der Waals surface area contributed by atoms with Crippen LogP contribution < -0.4 is 0 Å². The largest absolute Gasteiger partial charge is 0.465 e. The Morgan fingerprint density at radius 1 is 1.22 bits per heavy atom. The van der Waals surface area contributed by atoms with E-state index in [0.29, 0.717) is 6.04 Å². The lowest BCUT2D eigenvalue weighted by molar-refractivity contribution is 0.155. The predicted molar refractivity (Wildman–Crippen MR) is 70.2 cm³/mol. The van der Waals surface area contributed by atoms with Crippen LogP contribution in [-0.4, -0.2) is 29.2 Å². The highest BCUT2D eigenvalue weighted by Gasteiger charge is 2.42. The van der Waals surface area contributed by atoms with E-state index >= 15 is 0 Å². The van der Waals surface area contributed by atoms with E-state index in [2.05, 4.69) is 18.0 Å². The normalized spacial score (nSPS) is 35.3. The average molecular weight is 249 g/mol. The SMILES string of the molecule is Cc1ccc(CN(C)C2C[C@H]3CC(O)C[C@H]3C2)o1. The monoisotopic (exact) mass is 249 g/mol. The number of hydrogen-bond donors (Lipinski definition) is 1. The molecule has 1 N–H and O–H groups in total. The molecule has 3 heteroatoms. The van der Waals surface area contributed by atoms with Crippen LogP contribution in [0.2, 0.25) is 0 Å². The molecule has 2 aliphatic carbocycles. The van der Waals surface area contributed by atoms with Gasteiger partial charge in [0.05, 0.1) is 12.6 Å². The number of nitrogens with zero attached hydrogens (tertiary/aromatic N) is 1. The molecule has 0 spiro atoms. The summed E-state index contributed by atoms with van der Waals surface area (Å²) in [6.07, 6.45) is 4.51. The van der Waals surface area contributed by atoms with Gasteiger partial charge in [-0.15, -0.1) is 0 Å². The molecule has 3 nitrogen and oxygen atoms in total. The number of hydrogen-bond acceptors (Lipinski definition) is 3. The first-order valence-corrected chi connectivity index (χ1v) is 7.05. The summed E-state index contributed by atoms with van der Waals surface area (Å²) in [5.74, 6) is 3.56. The number of furan rings is 1. The van der Waals surface area contributed by atoms with Crippen LogP contribution in [0.1, 0.15) is 37.2 Å². The Kier molecular flexibility index (Phi) is 3.20. The fourth-order valence-electron chi connectivity index (χ4n) is 3.86. The van der Waals surface area contributed by atoms with E-state index < -0.39 is 0 Å². The minimum atomic E-state index is -0.0287. The Balaban J connectivity index is 1.57. The van der Waals surface area contributed by atoms with Gasteiger partial charge in [0.25, 0.3) is 0 Å². The summed E-state index contributed by atoms with van der Waals surface area (Å²) in [5, 5.41) is 9.67. The molecule has 3 rings (SSSR count). The van der Waals surface area contributed by atoms with Crippen molar-refractivity contribution in [2.24, 2.45) is 11.8 Å². The van der Waals surface area contributed by atoms with Crippen molar-refractivity contribution in [3.05, 3.63) is 23.7 Å². The zero-order valence-electron chi connectivity index (χ0n) is 11.3. The van der Waals surface area contributed by atoms with Crippen molar-refractivity contribution in [1.29, 1.82) is 0 Å². The third-order valence-corrected chi connectivity index (χ3v) is 4.79. The maximum atomic E-state index is 9.67. The smallest absolute Gasteiger partial charge is 0.118 e. The Morgan fingerprint density at radius 3 is 2.44 bits per heavy atom. The first-order valence-electron chi connectivity index (χ1n) is 7.05. The van der Waals surface area contributed by atoms with Crippen LogP contribution in [0, 0.1) is 18.8 Å². The molecule has 0 amide bonds. The first-order chi connectivity index (χ1) is 8.61. The third-order valence-electron chi connectivity index (χ3n) is 4.79. The molecule has 2 aliphatic rings. The highest BCUT2D eigenvalue weighted by atomic mass is 16.3. The summed E-state index contributed by atoms with van der Waals surface area (Å²) < 4.78 is 5.64. The highest BCUT2D eigenvalue weighted by molar-refractivity contribution is 5.06. The minimum absolute atomic E-state index is 0.0287. The average Bonchev–Trinajstić information content (AvgIpc) is 2.92. The fourth-order valence-corrected chi connectivity index (χ4v) is 3.86. The van der Waals surface area contributed by atoms with E-state index in [0.717, 1.165) is 42.7 Å². The van der Waals surface area contributed by atoms with Crippen molar-refractivity contribution in [2.75, 3.05) is 7.05 Å². The lowest BCUT2D eigenvalue weighted by Gasteiger charge is -2.24. The summed E-state index contributed by atoms with van der Waals surface area (Å²) in [7, 11) is 2.19. The van der Waals surface area contributed by atoms with Gasteiger partial charge in [0.15, 0.2) is 0 Å². The Bertz CT molecular complexity index is 400. The second kappa shape index (κ2) is 4.71. The Hall–Kier alpha value is -0.800. The third kappa shape index (κ3) is 2.34. The summed E-state index contributed by atoms with van der Waals surface area (Å²) in [4.78, 5) is 2.42. The van der Waals surface area contributed by atoms with Crippen LogP contribution in [0.25, 0.3) is 0 Å². The Labute approximate surface area is 109 Å². The zero-order chi connectivity index (χ0) is 12.7. The van der Waals surface area contributed by atoms with Crippen molar-refractivity contribution in [3.8, 4) is 0 Å². The molecular formula is C15H23NO2. The molecule has 2 unspecified atom stereocenters. The number of fused-ring (bicyclic) bond motifs is 1. The molecule has 0 aliphatic heterocycles. The van der Waals surface area contributed by atoms with Gasteiger partial charge < -0.3 is 9.52 Å². The molecule has 1 aromatic rings. The molecule has 0 bridgehead atoms. The Morgan fingerprint density at radius 2 is 1.89 bits per heavy atom. The molecule has 0 aromatic carbocycles. The van der Waals surface area contributed by atoms with Crippen molar-refractivity contribution >= 4 is 0 Å². The van der Waals surface area contributed by atoms with Crippen LogP contribution in [0.4, 0.5) is 0 Å². The summed E-state index contributed by atoms with van der Waals surface area (Å²) in [6.45, 7) is 2.89. The molecule has 0 radical (unpaired) electrons. The van der Waals surface area contributed by atoms with Gasteiger partial charge in [-0.05, 0) is 63.6 Å². The molecule has 18 heavy (non-hydrogen) atoms. The molecule has 1 aromatic heterocycles. The standard InChI is InChI=1S/C15H23NO2/c1-10-3-4-15(18-10)9-16(2)13-5-11-7-14(17)8-12(11)6-13/h3-4,11-14,17H,5-9H2,1-2H3/t11-,12+,13?,14?. The van der Waals surface area contributed by atoms with Gasteiger partial charge >= 0.3 is 0 Å². The van der Waals surface area contributed by atoms with E-state index in [1.165, 1.54) is 12.8 Å². The lowest BCUT2D eigenvalue weighted by atomic mass is 10.0. The molecule has 2 fully saturated rings. The quantitative estimate of drug-likeness (QED) is 0.894. The second-order valence-corrected chi connectivity index (χ2v) is 6.20.